The van der Waals surface area contributed by atoms with Crippen LogP contribution in [-0.4, -0.2) is 49.0 Å². The highest BCUT2D eigenvalue weighted by Crippen LogP contribution is 2.61. The van der Waals surface area contributed by atoms with E-state index in [2.05, 4.69) is 4.74 Å². The Kier molecular flexibility index (Phi) is 5.59. The average molecular weight is 418 g/mol. The first-order chi connectivity index (χ1) is 11.2. The Bertz CT molecular complexity index is 510. The number of ether oxygens (including phenoxy) is 1. The standard InChI is InChI=1S/C12H11F13O/c1-5-3-26-4-6(5)2-7(13,14)8(15,16)9(17,18)10(19,20)11(21,22)12(23,24)25/h5-6H,2-4H2,1H3/t5?,6-/m1/s1. The molecule has 1 saturated heterocycles. The van der Waals surface area contributed by atoms with Crippen LogP contribution in [0.4, 0.5) is 57.1 Å². The van der Waals surface area contributed by atoms with Crippen LogP contribution in [0, 0.1) is 11.8 Å². The smallest absolute Gasteiger partial charge is 0.381 e. The fourth-order valence-electron chi connectivity index (χ4n) is 2.23. The Morgan fingerprint density at radius 3 is 1.42 bits per heavy atom. The van der Waals surface area contributed by atoms with E-state index in [4.69, 9.17) is 0 Å². The molecule has 0 aromatic rings. The molecule has 1 aliphatic rings. The summed E-state index contributed by atoms with van der Waals surface area (Å²) in [7, 11) is 0. The van der Waals surface area contributed by atoms with E-state index in [1.807, 2.05) is 0 Å². The highest BCUT2D eigenvalue weighted by molar-refractivity contribution is 5.10. The van der Waals surface area contributed by atoms with Gasteiger partial charge in [0.05, 0.1) is 0 Å². The summed E-state index contributed by atoms with van der Waals surface area (Å²) in [5.74, 6) is -38.9. The van der Waals surface area contributed by atoms with Crippen LogP contribution in [-0.2, 0) is 4.74 Å². The van der Waals surface area contributed by atoms with Crippen LogP contribution in [0.1, 0.15) is 13.3 Å². The molecule has 0 aromatic carbocycles. The first-order valence-corrected chi connectivity index (χ1v) is 6.77. The van der Waals surface area contributed by atoms with Gasteiger partial charge >= 0.3 is 35.8 Å². The van der Waals surface area contributed by atoms with Crippen molar-refractivity contribution < 1.29 is 61.8 Å². The SMILES string of the molecule is CC1COC[C@H]1CC(F)(F)C(F)(F)C(F)(F)C(F)(F)C(F)(F)C(F)(F)F. The molecule has 0 N–H and O–H groups in total. The summed E-state index contributed by atoms with van der Waals surface area (Å²) in [5, 5.41) is 0. The molecule has 0 aliphatic carbocycles. The largest absolute Gasteiger partial charge is 0.460 e. The summed E-state index contributed by atoms with van der Waals surface area (Å²) >= 11 is 0. The third kappa shape index (κ3) is 3.21. The van der Waals surface area contributed by atoms with Gasteiger partial charge in [-0.25, -0.2) is 0 Å². The quantitative estimate of drug-likeness (QED) is 0.525. The van der Waals surface area contributed by atoms with Gasteiger partial charge in [0, 0.05) is 19.6 Å². The van der Waals surface area contributed by atoms with Crippen LogP contribution in [0.5, 0.6) is 0 Å². The predicted molar refractivity (Wildman–Crippen MR) is 58.9 cm³/mol. The van der Waals surface area contributed by atoms with Crippen molar-refractivity contribution in [2.75, 3.05) is 13.2 Å². The highest BCUT2D eigenvalue weighted by Gasteiger charge is 2.90. The van der Waals surface area contributed by atoms with E-state index >= 15 is 0 Å². The van der Waals surface area contributed by atoms with Crippen molar-refractivity contribution in [3.05, 3.63) is 0 Å². The highest BCUT2D eigenvalue weighted by atomic mass is 19.4. The zero-order valence-electron chi connectivity index (χ0n) is 12.6. The van der Waals surface area contributed by atoms with E-state index in [-0.39, 0.29) is 6.61 Å². The van der Waals surface area contributed by atoms with Crippen molar-refractivity contribution in [2.24, 2.45) is 11.8 Å². The van der Waals surface area contributed by atoms with Crippen molar-refractivity contribution in [1.29, 1.82) is 0 Å². The monoisotopic (exact) mass is 418 g/mol. The van der Waals surface area contributed by atoms with Crippen molar-refractivity contribution in [3.63, 3.8) is 0 Å². The lowest BCUT2D eigenvalue weighted by atomic mass is 9.86. The Morgan fingerprint density at radius 2 is 1.08 bits per heavy atom. The zero-order valence-corrected chi connectivity index (χ0v) is 12.6. The number of hydrogen-bond donors (Lipinski definition) is 0. The topological polar surface area (TPSA) is 9.23 Å². The maximum atomic E-state index is 13.6. The molecule has 26 heavy (non-hydrogen) atoms. The van der Waals surface area contributed by atoms with Gasteiger partial charge in [-0.2, -0.15) is 57.1 Å². The molecule has 1 rings (SSSR count). The summed E-state index contributed by atoms with van der Waals surface area (Å²) in [6, 6.07) is 0. The molecule has 0 radical (unpaired) electrons. The summed E-state index contributed by atoms with van der Waals surface area (Å²) in [6.45, 7) is 0.301. The number of rotatable bonds is 6. The molecule has 0 aromatic heterocycles. The van der Waals surface area contributed by atoms with E-state index in [1.165, 1.54) is 6.92 Å². The van der Waals surface area contributed by atoms with Gasteiger partial charge in [0.15, 0.2) is 0 Å². The lowest BCUT2D eigenvalue weighted by molar-refractivity contribution is -0.440. The van der Waals surface area contributed by atoms with E-state index in [1.54, 1.807) is 0 Å². The maximum absolute atomic E-state index is 13.6. The molecule has 1 heterocycles. The Hall–Kier alpha value is -0.950. The molecule has 1 fully saturated rings. The molecule has 0 saturated carbocycles. The van der Waals surface area contributed by atoms with Gasteiger partial charge in [-0.05, 0) is 11.8 Å². The van der Waals surface area contributed by atoms with Gasteiger partial charge in [0.2, 0.25) is 0 Å². The summed E-state index contributed by atoms with van der Waals surface area (Å²) < 4.78 is 172. The van der Waals surface area contributed by atoms with Gasteiger partial charge in [-0.15, -0.1) is 0 Å². The zero-order chi connectivity index (χ0) is 21.0. The molecule has 0 bridgehead atoms. The first-order valence-electron chi connectivity index (χ1n) is 6.77. The minimum absolute atomic E-state index is 0.245. The molecule has 156 valence electrons. The second kappa shape index (κ2) is 6.30. The summed E-state index contributed by atoms with van der Waals surface area (Å²) in [4.78, 5) is 0. The van der Waals surface area contributed by atoms with Crippen LogP contribution in [0.25, 0.3) is 0 Å². The van der Waals surface area contributed by atoms with Crippen LogP contribution in [0.2, 0.25) is 0 Å². The average Bonchev–Trinajstić information content (AvgIpc) is 2.81. The van der Waals surface area contributed by atoms with Gasteiger partial charge in [-0.1, -0.05) is 6.92 Å². The molecule has 0 spiro atoms. The molecule has 1 aliphatic heterocycles. The number of alkyl halides is 13. The van der Waals surface area contributed by atoms with E-state index in [0.717, 1.165) is 0 Å². The van der Waals surface area contributed by atoms with Crippen molar-refractivity contribution in [2.45, 2.75) is 49.1 Å². The summed E-state index contributed by atoms with van der Waals surface area (Å²) in [5.41, 5.74) is 0. The van der Waals surface area contributed by atoms with Crippen LogP contribution < -0.4 is 0 Å². The molecule has 14 heteroatoms. The third-order valence-corrected chi connectivity index (χ3v) is 4.03. The lowest BCUT2D eigenvalue weighted by Crippen LogP contribution is -2.70. The van der Waals surface area contributed by atoms with Crippen LogP contribution in [0.3, 0.4) is 0 Å². The van der Waals surface area contributed by atoms with E-state index in [9.17, 15) is 57.1 Å². The van der Waals surface area contributed by atoms with Crippen LogP contribution >= 0.6 is 0 Å². The molecular formula is C12H11F13O. The number of halogens is 13. The lowest BCUT2D eigenvalue weighted by Gasteiger charge is -2.40. The van der Waals surface area contributed by atoms with Gasteiger partial charge in [0.25, 0.3) is 0 Å². The molecule has 2 atom stereocenters. The molecule has 1 unspecified atom stereocenters. The first kappa shape index (κ1) is 23.1. The van der Waals surface area contributed by atoms with Crippen molar-refractivity contribution >= 4 is 0 Å². The van der Waals surface area contributed by atoms with Gasteiger partial charge in [-0.3, -0.25) is 0 Å². The minimum Gasteiger partial charge on any atom is -0.381 e. The Labute approximate surface area is 137 Å². The third-order valence-electron chi connectivity index (χ3n) is 4.03. The number of hydrogen-bond acceptors (Lipinski definition) is 1. The summed E-state index contributed by atoms with van der Waals surface area (Å²) in [6.07, 6.45) is -9.57. The van der Waals surface area contributed by atoms with Gasteiger partial charge < -0.3 is 4.74 Å². The fraction of sp³-hybridized carbons (Fsp3) is 1.00. The fourth-order valence-corrected chi connectivity index (χ4v) is 2.23. The second-order valence-electron chi connectivity index (χ2n) is 5.98. The molecule has 0 amide bonds. The van der Waals surface area contributed by atoms with E-state index < -0.39 is 60.7 Å². The van der Waals surface area contributed by atoms with Crippen LogP contribution in [0.15, 0.2) is 0 Å². The van der Waals surface area contributed by atoms with Crippen molar-refractivity contribution in [1.82, 2.24) is 0 Å². The predicted octanol–water partition coefficient (Wildman–Crippen LogP) is 5.40. The Morgan fingerprint density at radius 1 is 0.654 bits per heavy atom. The molecular weight excluding hydrogens is 407 g/mol. The van der Waals surface area contributed by atoms with Gasteiger partial charge in [0.1, 0.15) is 0 Å². The Balaban J connectivity index is 3.29. The maximum Gasteiger partial charge on any atom is 0.460 e. The van der Waals surface area contributed by atoms with Crippen molar-refractivity contribution in [3.8, 4) is 0 Å². The molecule has 1 nitrogen and oxygen atoms in total. The second-order valence-corrected chi connectivity index (χ2v) is 5.98. The van der Waals surface area contributed by atoms with E-state index in [0.29, 0.717) is 0 Å². The normalized spacial score (nSPS) is 24.2. The minimum atomic E-state index is -7.84.